The van der Waals surface area contributed by atoms with Crippen LogP contribution in [0, 0.1) is 5.82 Å². The van der Waals surface area contributed by atoms with E-state index >= 15 is 0 Å². The molecule has 0 bridgehead atoms. The summed E-state index contributed by atoms with van der Waals surface area (Å²) in [5.41, 5.74) is 6.07. The normalized spacial score (nSPS) is 12.9. The van der Waals surface area contributed by atoms with Crippen molar-refractivity contribution in [1.29, 1.82) is 0 Å². The Balaban J connectivity index is 1.39. The highest BCUT2D eigenvalue weighted by atomic mass is 35.5. The van der Waals surface area contributed by atoms with E-state index in [0.717, 1.165) is 12.8 Å². The molecule has 10 heteroatoms. The molecule has 4 aromatic rings. The summed E-state index contributed by atoms with van der Waals surface area (Å²) in [7, 11) is 0. The predicted molar refractivity (Wildman–Crippen MR) is 130 cm³/mol. The zero-order valence-electron chi connectivity index (χ0n) is 18.2. The Hall–Kier alpha value is -4.24. The Kier molecular flexibility index (Phi) is 5.92. The van der Waals surface area contributed by atoms with Crippen LogP contribution in [0.5, 0.6) is 11.5 Å². The summed E-state index contributed by atoms with van der Waals surface area (Å²) in [6, 6.07) is 10.5. The van der Waals surface area contributed by atoms with Gasteiger partial charge < -0.3 is 20.4 Å². The van der Waals surface area contributed by atoms with Crippen LogP contribution in [0.15, 0.2) is 72.0 Å². The topological polar surface area (TPSA) is 112 Å². The Morgan fingerprint density at radius 2 is 1.89 bits per heavy atom. The first-order valence-electron chi connectivity index (χ1n) is 10.8. The summed E-state index contributed by atoms with van der Waals surface area (Å²) in [5.74, 6) is 0.0479. The van der Waals surface area contributed by atoms with Crippen molar-refractivity contribution in [3.63, 3.8) is 0 Å². The molecule has 3 heterocycles. The van der Waals surface area contributed by atoms with Crippen LogP contribution in [-0.2, 0) is 0 Å². The zero-order chi connectivity index (χ0) is 24.5. The van der Waals surface area contributed by atoms with Gasteiger partial charge in [-0.1, -0.05) is 23.7 Å². The van der Waals surface area contributed by atoms with Crippen molar-refractivity contribution < 1.29 is 13.9 Å². The number of hydrogen-bond donors (Lipinski definition) is 2. The molecular formula is C25H19ClFN5O3. The van der Waals surface area contributed by atoms with Crippen LogP contribution in [0.4, 0.5) is 16.0 Å². The van der Waals surface area contributed by atoms with Crippen LogP contribution in [-0.4, -0.2) is 20.4 Å². The van der Waals surface area contributed by atoms with E-state index in [9.17, 15) is 14.0 Å². The molecule has 0 radical (unpaired) electrons. The minimum absolute atomic E-state index is 0.0279. The summed E-state index contributed by atoms with van der Waals surface area (Å²) in [5, 5.41) is 2.83. The van der Waals surface area contributed by atoms with Crippen LogP contribution in [0.1, 0.15) is 29.2 Å². The number of nitrogens with zero attached hydrogens (tertiary/aromatic N) is 3. The van der Waals surface area contributed by atoms with E-state index in [1.165, 1.54) is 42.7 Å². The standard InChI is InChI=1S/C25H19ClFN5O3/c26-22-20(9-10-29-24(22)28)35-17-7-8-21(30-11-17)31-25(34)19-13-32(16-5-6-16)12-18(23(19)33)14-1-3-15(27)4-2-14/h1-4,7-13,16H,5-6H2,(H2,28,29)(H,30,31,34). The van der Waals surface area contributed by atoms with Crippen LogP contribution in [0.2, 0.25) is 5.02 Å². The number of pyridine rings is 3. The lowest BCUT2D eigenvalue weighted by Crippen LogP contribution is -2.24. The van der Waals surface area contributed by atoms with E-state index in [1.807, 2.05) is 4.57 Å². The number of aromatic nitrogens is 3. The average Bonchev–Trinajstić information content (AvgIpc) is 3.70. The van der Waals surface area contributed by atoms with Gasteiger partial charge in [0, 0.05) is 36.3 Å². The van der Waals surface area contributed by atoms with Gasteiger partial charge in [0.2, 0.25) is 5.43 Å². The third kappa shape index (κ3) is 4.85. The lowest BCUT2D eigenvalue weighted by molar-refractivity contribution is 0.102. The van der Waals surface area contributed by atoms with Crippen LogP contribution in [0.3, 0.4) is 0 Å². The molecule has 8 nitrogen and oxygen atoms in total. The second-order valence-electron chi connectivity index (χ2n) is 8.04. The highest BCUT2D eigenvalue weighted by Crippen LogP contribution is 2.35. The number of amides is 1. The van der Waals surface area contributed by atoms with Gasteiger partial charge in [0.05, 0.1) is 6.20 Å². The molecular weight excluding hydrogens is 473 g/mol. The van der Waals surface area contributed by atoms with Crippen molar-refractivity contribution in [2.24, 2.45) is 0 Å². The van der Waals surface area contributed by atoms with Gasteiger partial charge in [-0.25, -0.2) is 14.4 Å². The van der Waals surface area contributed by atoms with Crippen molar-refractivity contribution in [2.75, 3.05) is 11.1 Å². The highest BCUT2D eigenvalue weighted by Gasteiger charge is 2.26. The number of nitrogens with one attached hydrogen (secondary N) is 1. The number of nitrogens with two attached hydrogens (primary N) is 1. The third-order valence-electron chi connectivity index (χ3n) is 5.50. The van der Waals surface area contributed by atoms with Gasteiger partial charge in [-0.05, 0) is 42.7 Å². The second-order valence-corrected chi connectivity index (χ2v) is 8.42. The first-order valence-corrected chi connectivity index (χ1v) is 11.1. The highest BCUT2D eigenvalue weighted by molar-refractivity contribution is 6.34. The summed E-state index contributed by atoms with van der Waals surface area (Å²) < 4.78 is 20.9. The fourth-order valence-corrected chi connectivity index (χ4v) is 3.67. The number of halogens is 2. The van der Waals surface area contributed by atoms with Crippen LogP contribution >= 0.6 is 11.6 Å². The molecule has 1 saturated carbocycles. The Bertz CT molecular complexity index is 1470. The van der Waals surface area contributed by atoms with Crippen molar-refractivity contribution in [1.82, 2.24) is 14.5 Å². The summed E-state index contributed by atoms with van der Waals surface area (Å²) >= 11 is 6.09. The number of benzene rings is 1. The molecule has 3 N–H and O–H groups in total. The van der Waals surface area contributed by atoms with Gasteiger partial charge >= 0.3 is 0 Å². The minimum atomic E-state index is -0.598. The maximum atomic E-state index is 13.4. The van der Waals surface area contributed by atoms with E-state index in [0.29, 0.717) is 22.6 Å². The molecule has 1 aliphatic carbocycles. The summed E-state index contributed by atoms with van der Waals surface area (Å²) in [4.78, 5) is 34.3. The molecule has 0 saturated heterocycles. The number of ether oxygens (including phenoxy) is 1. The van der Waals surface area contributed by atoms with Gasteiger partial charge in [0.25, 0.3) is 5.91 Å². The fourth-order valence-electron chi connectivity index (χ4n) is 3.52. The number of anilines is 2. The smallest absolute Gasteiger partial charge is 0.262 e. The summed E-state index contributed by atoms with van der Waals surface area (Å²) in [6.45, 7) is 0. The molecule has 0 atom stereocenters. The lowest BCUT2D eigenvalue weighted by atomic mass is 10.0. The number of carbonyl (C=O) groups is 1. The molecule has 35 heavy (non-hydrogen) atoms. The van der Waals surface area contributed by atoms with Gasteiger partial charge in [0.15, 0.2) is 5.75 Å². The van der Waals surface area contributed by atoms with Crippen LogP contribution in [0.25, 0.3) is 11.1 Å². The van der Waals surface area contributed by atoms with E-state index < -0.39 is 17.2 Å². The largest absolute Gasteiger partial charge is 0.454 e. The van der Waals surface area contributed by atoms with Crippen molar-refractivity contribution in [2.45, 2.75) is 18.9 Å². The number of rotatable bonds is 6. The predicted octanol–water partition coefficient (Wildman–Crippen LogP) is 5.06. The molecule has 1 amide bonds. The van der Waals surface area contributed by atoms with E-state index in [-0.39, 0.29) is 28.3 Å². The molecule has 5 rings (SSSR count). The first-order chi connectivity index (χ1) is 16.9. The monoisotopic (exact) mass is 491 g/mol. The molecule has 176 valence electrons. The van der Waals surface area contributed by atoms with E-state index in [2.05, 4.69) is 15.3 Å². The lowest BCUT2D eigenvalue weighted by Gasteiger charge is -2.12. The van der Waals surface area contributed by atoms with Crippen molar-refractivity contribution in [3.05, 3.63) is 93.9 Å². The quantitative estimate of drug-likeness (QED) is 0.390. The number of hydrogen-bond acceptors (Lipinski definition) is 6. The first kappa shape index (κ1) is 22.5. The zero-order valence-corrected chi connectivity index (χ0v) is 19.0. The third-order valence-corrected chi connectivity index (χ3v) is 5.88. The SMILES string of the molecule is Nc1nccc(Oc2ccc(NC(=O)c3cn(C4CC4)cc(-c4ccc(F)cc4)c3=O)nc2)c1Cl. The van der Waals surface area contributed by atoms with Gasteiger partial charge in [0.1, 0.15) is 33.8 Å². The molecule has 1 aliphatic rings. The Labute approximate surface area is 204 Å². The van der Waals surface area contributed by atoms with Gasteiger partial charge in [-0.3, -0.25) is 9.59 Å². The molecule has 0 aliphatic heterocycles. The minimum Gasteiger partial charge on any atom is -0.454 e. The Morgan fingerprint density at radius 1 is 1.11 bits per heavy atom. The van der Waals surface area contributed by atoms with E-state index in [4.69, 9.17) is 22.1 Å². The Morgan fingerprint density at radius 3 is 2.57 bits per heavy atom. The van der Waals surface area contributed by atoms with Crippen molar-refractivity contribution in [3.8, 4) is 22.6 Å². The van der Waals surface area contributed by atoms with Gasteiger partial charge in [-0.15, -0.1) is 0 Å². The molecule has 1 aromatic carbocycles. The van der Waals surface area contributed by atoms with Crippen molar-refractivity contribution >= 4 is 29.1 Å². The molecule has 0 spiro atoms. The molecule has 3 aromatic heterocycles. The number of nitrogen functional groups attached to an aromatic ring is 1. The van der Waals surface area contributed by atoms with Gasteiger partial charge in [-0.2, -0.15) is 0 Å². The average molecular weight is 492 g/mol. The summed E-state index contributed by atoms with van der Waals surface area (Å²) in [6.07, 6.45) is 8.06. The fraction of sp³-hybridized carbons (Fsp3) is 0.120. The molecule has 0 unspecified atom stereocenters. The number of carbonyl (C=O) groups excluding carboxylic acids is 1. The van der Waals surface area contributed by atoms with Crippen LogP contribution < -0.4 is 21.2 Å². The maximum Gasteiger partial charge on any atom is 0.262 e. The van der Waals surface area contributed by atoms with E-state index in [1.54, 1.807) is 24.5 Å². The molecule has 1 fully saturated rings. The second kappa shape index (κ2) is 9.19. The maximum absolute atomic E-state index is 13.4.